The molecule has 2 aromatic heterocycles. The molecule has 2 aliphatic heterocycles. The number of aromatic nitrogens is 1. The number of nitrogens with zero attached hydrogens (tertiary/aromatic N) is 2. The van der Waals surface area contributed by atoms with E-state index in [9.17, 15) is 9.59 Å². The lowest BCUT2D eigenvalue weighted by Gasteiger charge is -2.14. The molecule has 1 saturated heterocycles. The molecule has 1 aromatic carbocycles. The van der Waals surface area contributed by atoms with Crippen LogP contribution in [0, 0.1) is 0 Å². The van der Waals surface area contributed by atoms with Crippen LogP contribution in [0.25, 0.3) is 16.6 Å². The summed E-state index contributed by atoms with van der Waals surface area (Å²) in [5.74, 6) is 0.0186. The zero-order chi connectivity index (χ0) is 19.8. The van der Waals surface area contributed by atoms with E-state index in [4.69, 9.17) is 0 Å². The van der Waals surface area contributed by atoms with Gasteiger partial charge in [-0.15, -0.1) is 0 Å². The molecule has 6 heteroatoms. The number of carbonyl (C=O) groups is 2. The van der Waals surface area contributed by atoms with E-state index < -0.39 is 0 Å². The molecule has 1 fully saturated rings. The van der Waals surface area contributed by atoms with Crippen LogP contribution in [0.1, 0.15) is 28.8 Å². The summed E-state index contributed by atoms with van der Waals surface area (Å²) in [6.07, 6.45) is 7.23. The van der Waals surface area contributed by atoms with Gasteiger partial charge in [-0.05, 0) is 67.7 Å². The smallest absolute Gasteiger partial charge is 0.253 e. The van der Waals surface area contributed by atoms with Crippen molar-refractivity contribution in [2.24, 2.45) is 0 Å². The highest BCUT2D eigenvalue weighted by atomic mass is 16.2. The molecule has 2 amide bonds. The molecule has 29 heavy (non-hydrogen) atoms. The van der Waals surface area contributed by atoms with E-state index in [1.54, 1.807) is 0 Å². The predicted octanol–water partition coefficient (Wildman–Crippen LogP) is 2.93. The zero-order valence-corrected chi connectivity index (χ0v) is 16.3. The monoisotopic (exact) mass is 388 g/mol. The Morgan fingerprint density at radius 3 is 2.66 bits per heavy atom. The number of carbonyl (C=O) groups excluding carboxylic acids is 2. The number of rotatable bonds is 4. The number of hydrogen-bond donors (Lipinski definition) is 2. The molecule has 2 aliphatic rings. The molecule has 0 radical (unpaired) electrons. The fourth-order valence-electron chi connectivity index (χ4n) is 4.45. The average Bonchev–Trinajstić information content (AvgIpc) is 3.32. The van der Waals surface area contributed by atoms with E-state index >= 15 is 0 Å². The number of pyridine rings is 1. The first kappa shape index (κ1) is 17.9. The van der Waals surface area contributed by atoms with Crippen LogP contribution in [-0.4, -0.2) is 47.3 Å². The van der Waals surface area contributed by atoms with Crippen molar-refractivity contribution in [3.05, 3.63) is 59.9 Å². The Balaban J connectivity index is 1.41. The lowest BCUT2D eigenvalue weighted by molar-refractivity contribution is -0.117. The Hall–Kier alpha value is -3.12. The molecular formula is C23H24N4O2. The third-order valence-electron chi connectivity index (χ3n) is 5.85. The van der Waals surface area contributed by atoms with Crippen LogP contribution < -0.4 is 10.6 Å². The molecule has 0 bridgehead atoms. The minimum Gasteiger partial charge on any atom is -0.352 e. The SMILES string of the molecule is O=C(CN1CCCC1)Nc1ccc(-c2cn3cccc4c3c2CCNC4=O)cc1. The maximum absolute atomic E-state index is 12.3. The number of hydrogen-bond acceptors (Lipinski definition) is 3. The number of benzene rings is 1. The van der Waals surface area contributed by atoms with Crippen molar-refractivity contribution in [3.63, 3.8) is 0 Å². The summed E-state index contributed by atoms with van der Waals surface area (Å²) < 4.78 is 2.04. The Kier molecular flexibility index (Phi) is 4.56. The molecule has 0 spiro atoms. The molecule has 4 heterocycles. The molecule has 0 saturated carbocycles. The van der Waals surface area contributed by atoms with Crippen LogP contribution in [0.5, 0.6) is 0 Å². The van der Waals surface area contributed by atoms with Crippen LogP contribution in [0.3, 0.4) is 0 Å². The minimum absolute atomic E-state index is 0.0185. The highest BCUT2D eigenvalue weighted by molar-refractivity contribution is 6.03. The predicted molar refractivity (Wildman–Crippen MR) is 113 cm³/mol. The van der Waals surface area contributed by atoms with Gasteiger partial charge in [0.05, 0.1) is 17.6 Å². The van der Waals surface area contributed by atoms with E-state index in [-0.39, 0.29) is 11.8 Å². The molecule has 3 aromatic rings. The first-order valence-corrected chi connectivity index (χ1v) is 10.2. The van der Waals surface area contributed by atoms with E-state index in [1.165, 1.54) is 18.4 Å². The molecule has 148 valence electrons. The normalized spacial score (nSPS) is 16.6. The first-order chi connectivity index (χ1) is 14.2. The van der Waals surface area contributed by atoms with Crippen LogP contribution in [0.15, 0.2) is 48.8 Å². The van der Waals surface area contributed by atoms with Gasteiger partial charge in [0.1, 0.15) is 0 Å². The summed E-state index contributed by atoms with van der Waals surface area (Å²) in [5, 5.41) is 5.97. The second-order valence-corrected chi connectivity index (χ2v) is 7.81. The minimum atomic E-state index is -0.0185. The van der Waals surface area contributed by atoms with Gasteiger partial charge in [0.25, 0.3) is 5.91 Å². The van der Waals surface area contributed by atoms with E-state index in [0.29, 0.717) is 13.1 Å². The molecule has 0 unspecified atom stereocenters. The summed E-state index contributed by atoms with van der Waals surface area (Å²) in [6.45, 7) is 3.11. The number of likely N-dealkylation sites (tertiary alicyclic amines) is 1. The van der Waals surface area contributed by atoms with Crippen molar-refractivity contribution >= 4 is 23.0 Å². The summed E-state index contributed by atoms with van der Waals surface area (Å²) in [7, 11) is 0. The second kappa shape index (κ2) is 7.37. The Bertz CT molecular complexity index is 1080. The molecule has 2 N–H and O–H groups in total. The second-order valence-electron chi connectivity index (χ2n) is 7.81. The highest BCUT2D eigenvalue weighted by Gasteiger charge is 2.21. The van der Waals surface area contributed by atoms with Gasteiger partial charge in [-0.2, -0.15) is 0 Å². The maximum Gasteiger partial charge on any atom is 0.253 e. The number of anilines is 1. The summed E-state index contributed by atoms with van der Waals surface area (Å²) >= 11 is 0. The number of nitrogens with one attached hydrogen (secondary N) is 2. The van der Waals surface area contributed by atoms with Gasteiger partial charge in [0.15, 0.2) is 0 Å². The van der Waals surface area contributed by atoms with Crippen LogP contribution in [-0.2, 0) is 11.2 Å². The van der Waals surface area contributed by atoms with Crippen LogP contribution in [0.4, 0.5) is 5.69 Å². The topological polar surface area (TPSA) is 65.8 Å². The van der Waals surface area contributed by atoms with Gasteiger partial charge in [-0.3, -0.25) is 14.5 Å². The van der Waals surface area contributed by atoms with E-state index in [1.807, 2.05) is 47.0 Å². The summed E-state index contributed by atoms with van der Waals surface area (Å²) in [4.78, 5) is 26.8. The van der Waals surface area contributed by atoms with Crippen LogP contribution in [0.2, 0.25) is 0 Å². The lowest BCUT2D eigenvalue weighted by Crippen LogP contribution is -2.30. The van der Waals surface area contributed by atoms with Gasteiger partial charge >= 0.3 is 0 Å². The zero-order valence-electron chi connectivity index (χ0n) is 16.3. The maximum atomic E-state index is 12.3. The van der Waals surface area contributed by atoms with E-state index in [0.717, 1.165) is 47.4 Å². The Labute approximate surface area is 169 Å². The molecule has 0 atom stereocenters. The van der Waals surface area contributed by atoms with E-state index in [2.05, 4.69) is 21.7 Å². The van der Waals surface area contributed by atoms with Gasteiger partial charge in [0.2, 0.25) is 5.91 Å². The van der Waals surface area contributed by atoms with Gasteiger partial charge in [-0.1, -0.05) is 12.1 Å². The Morgan fingerprint density at radius 1 is 1.07 bits per heavy atom. The molecule has 5 rings (SSSR count). The van der Waals surface area contributed by atoms with Gasteiger partial charge < -0.3 is 15.0 Å². The third kappa shape index (κ3) is 3.40. The molecule has 0 aliphatic carbocycles. The van der Waals surface area contributed by atoms with Crippen molar-refractivity contribution in [2.45, 2.75) is 19.3 Å². The van der Waals surface area contributed by atoms with Crippen molar-refractivity contribution in [1.29, 1.82) is 0 Å². The highest BCUT2D eigenvalue weighted by Crippen LogP contribution is 2.32. The van der Waals surface area contributed by atoms with Crippen molar-refractivity contribution in [1.82, 2.24) is 14.6 Å². The fraction of sp³-hybridized carbons (Fsp3) is 0.304. The van der Waals surface area contributed by atoms with Crippen molar-refractivity contribution in [3.8, 4) is 11.1 Å². The average molecular weight is 388 g/mol. The third-order valence-corrected chi connectivity index (χ3v) is 5.85. The van der Waals surface area contributed by atoms with Crippen molar-refractivity contribution < 1.29 is 9.59 Å². The Morgan fingerprint density at radius 2 is 1.86 bits per heavy atom. The lowest BCUT2D eigenvalue weighted by atomic mass is 10.0. The van der Waals surface area contributed by atoms with Crippen molar-refractivity contribution in [2.75, 3.05) is 31.5 Å². The van der Waals surface area contributed by atoms with Gasteiger partial charge in [0, 0.05) is 30.2 Å². The number of amides is 2. The van der Waals surface area contributed by atoms with Crippen LogP contribution >= 0.6 is 0 Å². The largest absolute Gasteiger partial charge is 0.352 e. The summed E-state index contributed by atoms with van der Waals surface area (Å²) in [5.41, 5.74) is 5.91. The standard InChI is InChI=1S/C23H24N4O2/c28-21(15-26-11-1-2-12-26)25-17-7-5-16(6-8-17)20-14-27-13-3-4-19-22(27)18(20)9-10-24-23(19)29/h3-8,13-14H,1-2,9-12,15H2,(H,24,29)(H,25,28). The molecular weight excluding hydrogens is 364 g/mol. The first-order valence-electron chi connectivity index (χ1n) is 10.2. The van der Waals surface area contributed by atoms with Gasteiger partial charge in [-0.25, -0.2) is 0 Å². The summed E-state index contributed by atoms with van der Waals surface area (Å²) in [6, 6.07) is 11.8. The fourth-order valence-corrected chi connectivity index (χ4v) is 4.45. The molecule has 6 nitrogen and oxygen atoms in total. The quantitative estimate of drug-likeness (QED) is 0.722.